The van der Waals surface area contributed by atoms with Crippen LogP contribution < -0.4 is 9.64 Å². The van der Waals surface area contributed by atoms with Crippen molar-refractivity contribution in [3.05, 3.63) is 46.9 Å². The molecule has 0 aliphatic carbocycles. The number of nitrogens with zero attached hydrogens (tertiary/aromatic N) is 6. The van der Waals surface area contributed by atoms with Crippen LogP contribution in [-0.2, 0) is 4.79 Å². The molecule has 1 saturated heterocycles. The van der Waals surface area contributed by atoms with Gasteiger partial charge < -0.3 is 14.5 Å². The lowest BCUT2D eigenvalue weighted by Crippen LogP contribution is -2.50. The monoisotopic (exact) mass is 400 g/mol. The zero-order valence-electron chi connectivity index (χ0n) is 15.8. The second-order valence-corrected chi connectivity index (χ2v) is 7.20. The Morgan fingerprint density at radius 3 is 2.71 bits per heavy atom. The van der Waals surface area contributed by atoms with E-state index in [0.29, 0.717) is 42.7 Å². The van der Waals surface area contributed by atoms with Crippen LogP contribution in [0.3, 0.4) is 0 Å². The van der Waals surface area contributed by atoms with E-state index in [-0.39, 0.29) is 12.5 Å². The van der Waals surface area contributed by atoms with Crippen LogP contribution >= 0.6 is 11.6 Å². The average Bonchev–Trinajstić information content (AvgIpc) is 3.16. The molecule has 1 fully saturated rings. The largest absolute Gasteiger partial charge is 0.484 e. The molecular formula is C19H21ClN6O2. The third-order valence-electron chi connectivity index (χ3n) is 4.81. The molecule has 4 rings (SSSR count). The molecule has 1 aliphatic heterocycles. The molecule has 0 spiro atoms. The second kappa shape index (κ2) is 7.63. The maximum atomic E-state index is 12.5. The van der Waals surface area contributed by atoms with E-state index in [1.165, 1.54) is 6.33 Å². The van der Waals surface area contributed by atoms with Gasteiger partial charge in [0.2, 0.25) is 0 Å². The standard InChI is InChI=1S/C19H21ClN6O2/c1-13-9-15(3-4-16(13)20)28-11-18(27)25-7-5-24(6-8-25)17-10-14(2)23-19-21-12-22-26(17)19/h3-4,9-10,12H,5-8,11H2,1-2H3. The van der Waals surface area contributed by atoms with Crippen molar-refractivity contribution in [2.75, 3.05) is 37.7 Å². The predicted molar refractivity (Wildman–Crippen MR) is 106 cm³/mol. The van der Waals surface area contributed by atoms with Crippen molar-refractivity contribution < 1.29 is 9.53 Å². The fourth-order valence-electron chi connectivity index (χ4n) is 3.26. The fourth-order valence-corrected chi connectivity index (χ4v) is 3.38. The number of hydrogen-bond donors (Lipinski definition) is 0. The van der Waals surface area contributed by atoms with Gasteiger partial charge in [-0.05, 0) is 37.6 Å². The summed E-state index contributed by atoms with van der Waals surface area (Å²) < 4.78 is 7.37. The number of piperazine rings is 1. The molecule has 0 radical (unpaired) electrons. The summed E-state index contributed by atoms with van der Waals surface area (Å²) in [7, 11) is 0. The number of rotatable bonds is 4. The van der Waals surface area contributed by atoms with Crippen LogP contribution in [0.4, 0.5) is 5.82 Å². The Kier molecular flexibility index (Phi) is 5.04. The number of aromatic nitrogens is 4. The zero-order valence-corrected chi connectivity index (χ0v) is 16.6. The maximum absolute atomic E-state index is 12.5. The van der Waals surface area contributed by atoms with Crippen molar-refractivity contribution in [1.82, 2.24) is 24.5 Å². The molecule has 2 aromatic heterocycles. The highest BCUT2D eigenvalue weighted by atomic mass is 35.5. The molecule has 9 heteroatoms. The Labute approximate surface area is 167 Å². The van der Waals surface area contributed by atoms with Crippen LogP contribution in [0.2, 0.25) is 5.02 Å². The van der Waals surface area contributed by atoms with Crippen molar-refractivity contribution >= 4 is 29.1 Å². The number of ether oxygens (including phenoxy) is 1. The summed E-state index contributed by atoms with van der Waals surface area (Å²) in [4.78, 5) is 25.1. The normalized spacial score (nSPS) is 14.5. The first-order valence-corrected chi connectivity index (χ1v) is 9.48. The molecule has 0 N–H and O–H groups in total. The third-order valence-corrected chi connectivity index (χ3v) is 5.23. The van der Waals surface area contributed by atoms with E-state index in [1.807, 2.05) is 30.9 Å². The Balaban J connectivity index is 1.36. The van der Waals surface area contributed by atoms with Gasteiger partial charge in [-0.1, -0.05) is 11.6 Å². The van der Waals surface area contributed by atoms with Gasteiger partial charge in [0.1, 0.15) is 17.9 Å². The molecule has 28 heavy (non-hydrogen) atoms. The lowest BCUT2D eigenvalue weighted by atomic mass is 10.2. The third kappa shape index (κ3) is 3.73. The van der Waals surface area contributed by atoms with Gasteiger partial charge in [0.15, 0.2) is 6.61 Å². The minimum atomic E-state index is -0.0240. The van der Waals surface area contributed by atoms with E-state index in [0.717, 1.165) is 17.1 Å². The highest BCUT2D eigenvalue weighted by Gasteiger charge is 2.23. The number of anilines is 1. The minimum absolute atomic E-state index is 0.0166. The quantitative estimate of drug-likeness (QED) is 0.667. The van der Waals surface area contributed by atoms with Gasteiger partial charge in [-0.15, -0.1) is 0 Å². The van der Waals surface area contributed by atoms with E-state index in [4.69, 9.17) is 16.3 Å². The molecule has 8 nitrogen and oxygen atoms in total. The molecule has 3 aromatic rings. The molecule has 1 amide bonds. The molecule has 1 aliphatic rings. The summed E-state index contributed by atoms with van der Waals surface area (Å²) in [6.45, 7) is 6.53. The summed E-state index contributed by atoms with van der Waals surface area (Å²) in [6, 6.07) is 7.38. The number of carbonyl (C=O) groups is 1. The maximum Gasteiger partial charge on any atom is 0.260 e. The van der Waals surface area contributed by atoms with Crippen LogP contribution in [0.25, 0.3) is 5.78 Å². The topological polar surface area (TPSA) is 75.9 Å². The van der Waals surface area contributed by atoms with Crippen LogP contribution in [0.5, 0.6) is 5.75 Å². The smallest absolute Gasteiger partial charge is 0.260 e. The van der Waals surface area contributed by atoms with Gasteiger partial charge >= 0.3 is 0 Å². The van der Waals surface area contributed by atoms with E-state index >= 15 is 0 Å². The van der Waals surface area contributed by atoms with Gasteiger partial charge in [-0.25, -0.2) is 4.98 Å². The lowest BCUT2D eigenvalue weighted by molar-refractivity contribution is -0.133. The summed E-state index contributed by atoms with van der Waals surface area (Å²) in [5.74, 6) is 2.15. The second-order valence-electron chi connectivity index (χ2n) is 6.80. The Morgan fingerprint density at radius 2 is 1.96 bits per heavy atom. The molecule has 0 bridgehead atoms. The van der Waals surface area contributed by atoms with Crippen molar-refractivity contribution in [2.24, 2.45) is 0 Å². The first kappa shape index (κ1) is 18.5. The highest BCUT2D eigenvalue weighted by Crippen LogP contribution is 2.21. The van der Waals surface area contributed by atoms with E-state index in [1.54, 1.807) is 16.6 Å². The molecule has 3 heterocycles. The van der Waals surface area contributed by atoms with Gasteiger partial charge in [-0.2, -0.15) is 14.6 Å². The van der Waals surface area contributed by atoms with E-state index < -0.39 is 0 Å². The fraction of sp³-hybridized carbons (Fsp3) is 0.368. The van der Waals surface area contributed by atoms with Crippen LogP contribution in [0.1, 0.15) is 11.3 Å². The van der Waals surface area contributed by atoms with Crippen LogP contribution in [0, 0.1) is 13.8 Å². The summed E-state index contributed by atoms with van der Waals surface area (Å²) >= 11 is 6.02. The molecule has 0 saturated carbocycles. The van der Waals surface area contributed by atoms with Crippen LogP contribution in [-0.4, -0.2) is 63.2 Å². The molecule has 0 atom stereocenters. The van der Waals surface area contributed by atoms with Gasteiger partial charge in [-0.3, -0.25) is 4.79 Å². The Hall–Kier alpha value is -2.87. The van der Waals surface area contributed by atoms with Gasteiger partial charge in [0.25, 0.3) is 11.7 Å². The predicted octanol–water partition coefficient (Wildman–Crippen LogP) is 2.12. The van der Waals surface area contributed by atoms with Gasteiger partial charge in [0.05, 0.1) is 0 Å². The molecule has 146 valence electrons. The van der Waals surface area contributed by atoms with E-state index in [2.05, 4.69) is 20.0 Å². The van der Waals surface area contributed by atoms with Crippen molar-refractivity contribution in [2.45, 2.75) is 13.8 Å². The first-order valence-electron chi connectivity index (χ1n) is 9.10. The zero-order chi connectivity index (χ0) is 19.7. The number of benzene rings is 1. The number of halogens is 1. The SMILES string of the molecule is Cc1cc(N2CCN(C(=O)COc3ccc(Cl)c(C)c3)CC2)n2ncnc2n1. The number of fused-ring (bicyclic) bond motifs is 1. The minimum Gasteiger partial charge on any atom is -0.484 e. The first-order chi connectivity index (χ1) is 13.5. The molecular weight excluding hydrogens is 380 g/mol. The molecule has 1 aromatic carbocycles. The van der Waals surface area contributed by atoms with Crippen LogP contribution in [0.15, 0.2) is 30.6 Å². The van der Waals surface area contributed by atoms with E-state index in [9.17, 15) is 4.79 Å². The number of aryl methyl sites for hydroxylation is 2. The van der Waals surface area contributed by atoms with Crippen molar-refractivity contribution in [1.29, 1.82) is 0 Å². The lowest BCUT2D eigenvalue weighted by Gasteiger charge is -2.35. The molecule has 0 unspecified atom stereocenters. The van der Waals surface area contributed by atoms with Crippen molar-refractivity contribution in [3.8, 4) is 5.75 Å². The number of amides is 1. The average molecular weight is 401 g/mol. The van der Waals surface area contributed by atoms with Gasteiger partial charge in [0, 0.05) is 43.0 Å². The number of hydrogen-bond acceptors (Lipinski definition) is 6. The number of carbonyl (C=O) groups excluding carboxylic acids is 1. The Bertz CT molecular complexity index is 1010. The highest BCUT2D eigenvalue weighted by molar-refractivity contribution is 6.31. The summed E-state index contributed by atoms with van der Waals surface area (Å²) in [5.41, 5.74) is 1.81. The summed E-state index contributed by atoms with van der Waals surface area (Å²) in [5, 5.41) is 4.94. The summed E-state index contributed by atoms with van der Waals surface area (Å²) in [6.07, 6.45) is 1.50. The van der Waals surface area contributed by atoms with Crippen molar-refractivity contribution in [3.63, 3.8) is 0 Å². The Morgan fingerprint density at radius 1 is 1.18 bits per heavy atom.